The summed E-state index contributed by atoms with van der Waals surface area (Å²) in [5.74, 6) is -0.956. The van der Waals surface area contributed by atoms with Crippen molar-refractivity contribution in [3.8, 4) is 0 Å². The maximum Gasteiger partial charge on any atom is 0.306 e. The Hall–Kier alpha value is -2.63. The molecule has 0 aromatic heterocycles. The smallest absolute Gasteiger partial charge is 0.306 e. The molecule has 0 saturated heterocycles. The van der Waals surface area contributed by atoms with Crippen LogP contribution in [0, 0.1) is 0 Å². The highest BCUT2D eigenvalue weighted by molar-refractivity contribution is 5.71. The van der Waals surface area contributed by atoms with Crippen LogP contribution in [0.2, 0.25) is 0 Å². The lowest BCUT2D eigenvalue weighted by atomic mass is 10.0. The van der Waals surface area contributed by atoms with E-state index in [0.717, 1.165) is 64.2 Å². The maximum atomic E-state index is 12.9. The van der Waals surface area contributed by atoms with E-state index in [1.54, 1.807) is 0 Å². The highest BCUT2D eigenvalue weighted by Gasteiger charge is 2.19. The molecule has 0 saturated carbocycles. The zero-order valence-corrected chi connectivity index (χ0v) is 47.5. The van der Waals surface area contributed by atoms with Gasteiger partial charge in [0, 0.05) is 19.3 Å². The highest BCUT2D eigenvalue weighted by atomic mass is 16.6. The quantitative estimate of drug-likeness (QED) is 0.0261. The van der Waals surface area contributed by atoms with Crippen LogP contribution in [0.3, 0.4) is 0 Å². The molecular weight excluding hydrogens is 877 g/mol. The van der Waals surface area contributed by atoms with Crippen molar-refractivity contribution in [3.63, 3.8) is 0 Å². The SMILES string of the molecule is CC/C=C\C/C=C\C/C=C\C/C=C\CCC(=O)OCC(COC(=O)CCCCCCCCCCCCCCCCCCCCCCCCCCC)OC(=O)CCCCCCCCCCCCCCCCC. The standard InChI is InChI=1S/C65H118O6/c1-4-7-10-13-16-19-22-25-27-28-29-30-31-32-33-34-35-36-38-40-43-46-49-52-55-58-64(67)70-61-62(60-69-63(66)57-54-51-48-45-42-39-24-21-18-15-12-9-6-3)71-65(68)59-56-53-50-47-44-41-37-26-23-20-17-14-11-8-5-2/h9,12,18,21,39,42,48,51,62H,4-8,10-11,13-17,19-20,22-38,40-41,43-47,49-50,52-61H2,1-3H3/b12-9-,21-18-,42-39-,51-48-. The molecule has 0 aliphatic heterocycles. The molecule has 6 nitrogen and oxygen atoms in total. The van der Waals surface area contributed by atoms with Crippen LogP contribution >= 0.6 is 0 Å². The minimum atomic E-state index is -0.798. The van der Waals surface area contributed by atoms with Gasteiger partial charge in [0.1, 0.15) is 13.2 Å². The maximum absolute atomic E-state index is 12.9. The average molecular weight is 996 g/mol. The number of hydrogen-bond donors (Lipinski definition) is 0. The molecule has 0 fully saturated rings. The Morgan fingerprint density at radius 2 is 0.549 bits per heavy atom. The summed E-state index contributed by atoms with van der Waals surface area (Å²) >= 11 is 0. The molecule has 1 atom stereocenters. The first-order valence-electron chi connectivity index (χ1n) is 31.1. The summed E-state index contributed by atoms with van der Waals surface area (Å²) in [6.45, 7) is 6.51. The van der Waals surface area contributed by atoms with E-state index < -0.39 is 6.10 Å². The third-order valence-corrected chi connectivity index (χ3v) is 13.9. The van der Waals surface area contributed by atoms with Gasteiger partial charge in [-0.25, -0.2) is 0 Å². The average Bonchev–Trinajstić information content (AvgIpc) is 3.37. The van der Waals surface area contributed by atoms with Crippen molar-refractivity contribution < 1.29 is 28.6 Å². The van der Waals surface area contributed by atoms with Crippen LogP contribution in [-0.2, 0) is 28.6 Å². The van der Waals surface area contributed by atoms with Gasteiger partial charge in [-0.1, -0.05) is 313 Å². The topological polar surface area (TPSA) is 78.9 Å². The second-order valence-electron chi connectivity index (χ2n) is 21.0. The van der Waals surface area contributed by atoms with Crippen LogP contribution in [0.25, 0.3) is 0 Å². The summed E-state index contributed by atoms with van der Waals surface area (Å²) in [6.07, 6.45) is 74.3. The van der Waals surface area contributed by atoms with E-state index >= 15 is 0 Å². The third kappa shape index (κ3) is 58.1. The first kappa shape index (κ1) is 68.4. The zero-order chi connectivity index (χ0) is 51.4. The van der Waals surface area contributed by atoms with E-state index in [9.17, 15) is 14.4 Å². The second kappa shape index (κ2) is 59.9. The van der Waals surface area contributed by atoms with Crippen molar-refractivity contribution in [2.45, 2.75) is 335 Å². The number of carbonyl (C=O) groups excluding carboxylic acids is 3. The molecule has 0 aliphatic rings. The normalized spacial score (nSPS) is 12.3. The molecule has 0 amide bonds. The van der Waals surface area contributed by atoms with Gasteiger partial charge in [0.15, 0.2) is 6.10 Å². The molecule has 0 aliphatic carbocycles. The fourth-order valence-corrected chi connectivity index (χ4v) is 9.22. The van der Waals surface area contributed by atoms with Crippen molar-refractivity contribution >= 4 is 17.9 Å². The van der Waals surface area contributed by atoms with Crippen LogP contribution in [0.5, 0.6) is 0 Å². The van der Waals surface area contributed by atoms with Gasteiger partial charge in [0.2, 0.25) is 0 Å². The predicted molar refractivity (Wildman–Crippen MR) is 307 cm³/mol. The number of hydrogen-bond acceptors (Lipinski definition) is 6. The molecule has 6 heteroatoms. The number of allylic oxidation sites excluding steroid dienone is 8. The van der Waals surface area contributed by atoms with Gasteiger partial charge >= 0.3 is 17.9 Å². The molecule has 0 rings (SSSR count). The van der Waals surface area contributed by atoms with Crippen molar-refractivity contribution in [2.75, 3.05) is 13.2 Å². The minimum Gasteiger partial charge on any atom is -0.462 e. The molecule has 0 bridgehead atoms. The lowest BCUT2D eigenvalue weighted by Gasteiger charge is -2.18. The van der Waals surface area contributed by atoms with Crippen molar-refractivity contribution in [3.05, 3.63) is 48.6 Å². The molecule has 0 radical (unpaired) electrons. The first-order chi connectivity index (χ1) is 35.0. The van der Waals surface area contributed by atoms with Gasteiger partial charge in [-0.15, -0.1) is 0 Å². The number of unbranched alkanes of at least 4 members (excludes halogenated alkanes) is 38. The van der Waals surface area contributed by atoms with E-state index in [0.29, 0.717) is 19.3 Å². The van der Waals surface area contributed by atoms with Gasteiger partial charge < -0.3 is 14.2 Å². The zero-order valence-electron chi connectivity index (χ0n) is 47.5. The van der Waals surface area contributed by atoms with E-state index in [1.807, 2.05) is 6.08 Å². The van der Waals surface area contributed by atoms with Gasteiger partial charge in [0.05, 0.1) is 0 Å². The summed E-state index contributed by atoms with van der Waals surface area (Å²) in [6, 6.07) is 0. The third-order valence-electron chi connectivity index (χ3n) is 13.9. The number of carbonyl (C=O) groups is 3. The van der Waals surface area contributed by atoms with Crippen molar-refractivity contribution in [2.24, 2.45) is 0 Å². The summed E-state index contributed by atoms with van der Waals surface area (Å²) in [5, 5.41) is 0. The summed E-state index contributed by atoms with van der Waals surface area (Å²) < 4.78 is 16.8. The van der Waals surface area contributed by atoms with Crippen LogP contribution in [0.4, 0.5) is 0 Å². The van der Waals surface area contributed by atoms with Gasteiger partial charge in [-0.3, -0.25) is 14.4 Å². The fourth-order valence-electron chi connectivity index (χ4n) is 9.22. The Kier molecular flexibility index (Phi) is 57.7. The fraction of sp³-hybridized carbons (Fsp3) is 0.831. The first-order valence-corrected chi connectivity index (χ1v) is 31.1. The van der Waals surface area contributed by atoms with E-state index in [-0.39, 0.29) is 37.5 Å². The van der Waals surface area contributed by atoms with Crippen molar-refractivity contribution in [1.29, 1.82) is 0 Å². The number of esters is 3. The summed E-state index contributed by atoms with van der Waals surface area (Å²) in [4.78, 5) is 38.1. The molecule has 0 N–H and O–H groups in total. The number of rotatable bonds is 57. The molecule has 71 heavy (non-hydrogen) atoms. The Balaban J connectivity index is 4.25. The molecule has 0 spiro atoms. The Labute approximate surface area is 441 Å². The molecule has 0 aromatic rings. The molecule has 0 heterocycles. The lowest BCUT2D eigenvalue weighted by molar-refractivity contribution is -0.166. The van der Waals surface area contributed by atoms with Crippen LogP contribution in [-0.4, -0.2) is 37.2 Å². The van der Waals surface area contributed by atoms with E-state index in [1.165, 1.54) is 218 Å². The van der Waals surface area contributed by atoms with Gasteiger partial charge in [-0.2, -0.15) is 0 Å². The molecular formula is C65H118O6. The van der Waals surface area contributed by atoms with Crippen LogP contribution in [0.15, 0.2) is 48.6 Å². The van der Waals surface area contributed by atoms with E-state index in [4.69, 9.17) is 14.2 Å². The van der Waals surface area contributed by atoms with Crippen LogP contribution in [0.1, 0.15) is 329 Å². The lowest BCUT2D eigenvalue weighted by Crippen LogP contribution is -2.30. The summed E-state index contributed by atoms with van der Waals surface area (Å²) in [5.41, 5.74) is 0. The molecule has 1 unspecified atom stereocenters. The largest absolute Gasteiger partial charge is 0.462 e. The Morgan fingerprint density at radius 3 is 0.859 bits per heavy atom. The van der Waals surface area contributed by atoms with Gasteiger partial charge in [-0.05, 0) is 44.9 Å². The minimum absolute atomic E-state index is 0.0903. The van der Waals surface area contributed by atoms with Crippen LogP contribution < -0.4 is 0 Å². The van der Waals surface area contributed by atoms with Crippen molar-refractivity contribution in [1.82, 2.24) is 0 Å². The van der Waals surface area contributed by atoms with E-state index in [2.05, 4.69) is 63.3 Å². The Morgan fingerprint density at radius 1 is 0.296 bits per heavy atom. The number of ether oxygens (including phenoxy) is 3. The summed E-state index contributed by atoms with van der Waals surface area (Å²) in [7, 11) is 0. The highest BCUT2D eigenvalue weighted by Crippen LogP contribution is 2.18. The monoisotopic (exact) mass is 995 g/mol. The second-order valence-corrected chi connectivity index (χ2v) is 21.0. The molecule has 0 aromatic carbocycles. The predicted octanol–water partition coefficient (Wildman–Crippen LogP) is 21.0. The molecule has 414 valence electrons. The van der Waals surface area contributed by atoms with Gasteiger partial charge in [0.25, 0.3) is 0 Å². The Bertz CT molecular complexity index is 1230.